The molecule has 3 unspecified atom stereocenters. The fourth-order valence-electron chi connectivity index (χ4n) is 3.78. The van der Waals surface area contributed by atoms with Crippen molar-refractivity contribution in [2.75, 3.05) is 6.54 Å². The lowest BCUT2D eigenvalue weighted by Crippen LogP contribution is -2.29. The molecule has 1 aromatic rings. The van der Waals surface area contributed by atoms with Gasteiger partial charge in [-0.3, -0.25) is 0 Å². The molecule has 110 valence electrons. The van der Waals surface area contributed by atoms with E-state index in [2.05, 4.69) is 12.2 Å². The van der Waals surface area contributed by atoms with Gasteiger partial charge in [-0.25, -0.2) is 4.39 Å². The zero-order valence-corrected chi connectivity index (χ0v) is 13.0. The van der Waals surface area contributed by atoms with Crippen molar-refractivity contribution >= 4 is 11.6 Å². The van der Waals surface area contributed by atoms with E-state index in [1.807, 2.05) is 13.0 Å². The van der Waals surface area contributed by atoms with Crippen LogP contribution in [-0.4, -0.2) is 6.54 Å². The summed E-state index contributed by atoms with van der Waals surface area (Å²) in [7, 11) is 0. The van der Waals surface area contributed by atoms with Crippen molar-refractivity contribution in [1.29, 1.82) is 0 Å². The van der Waals surface area contributed by atoms with Crippen molar-refractivity contribution in [1.82, 2.24) is 5.32 Å². The average Bonchev–Trinajstić information content (AvgIpc) is 3.02. The third kappa shape index (κ3) is 2.73. The second-order valence-electron chi connectivity index (χ2n) is 6.54. The van der Waals surface area contributed by atoms with Crippen LogP contribution in [0, 0.1) is 30.5 Å². The molecule has 3 rings (SSSR count). The maximum atomic E-state index is 13.6. The Morgan fingerprint density at radius 3 is 2.65 bits per heavy atom. The Bertz CT molecular complexity index is 492. The van der Waals surface area contributed by atoms with E-state index < -0.39 is 0 Å². The lowest BCUT2D eigenvalue weighted by atomic mass is 9.88. The number of hydrogen-bond acceptors (Lipinski definition) is 1. The predicted octanol–water partition coefficient (Wildman–Crippen LogP) is 4.87. The SMILES string of the molecule is CCCNC(c1cc(C)c(F)cc1Cl)C1CC2CC2C1. The van der Waals surface area contributed by atoms with Crippen LogP contribution >= 0.6 is 11.6 Å². The molecule has 3 atom stereocenters. The summed E-state index contributed by atoms with van der Waals surface area (Å²) in [5, 5.41) is 4.22. The van der Waals surface area contributed by atoms with Crippen molar-refractivity contribution in [3.63, 3.8) is 0 Å². The van der Waals surface area contributed by atoms with Crippen LogP contribution in [0.2, 0.25) is 5.02 Å². The van der Waals surface area contributed by atoms with Crippen molar-refractivity contribution < 1.29 is 4.39 Å². The first kappa shape index (κ1) is 14.3. The van der Waals surface area contributed by atoms with Crippen LogP contribution in [0.25, 0.3) is 0 Å². The van der Waals surface area contributed by atoms with Crippen LogP contribution in [0.3, 0.4) is 0 Å². The topological polar surface area (TPSA) is 12.0 Å². The molecule has 1 N–H and O–H groups in total. The van der Waals surface area contributed by atoms with Gasteiger partial charge in [0.15, 0.2) is 0 Å². The van der Waals surface area contributed by atoms with E-state index in [0.717, 1.165) is 30.4 Å². The molecule has 2 aliphatic carbocycles. The molecule has 1 aromatic carbocycles. The van der Waals surface area contributed by atoms with Crippen LogP contribution in [0.15, 0.2) is 12.1 Å². The highest BCUT2D eigenvalue weighted by Crippen LogP contribution is 2.57. The van der Waals surface area contributed by atoms with Gasteiger partial charge in [0.05, 0.1) is 0 Å². The highest BCUT2D eigenvalue weighted by atomic mass is 35.5. The van der Waals surface area contributed by atoms with Gasteiger partial charge in [-0.1, -0.05) is 24.6 Å². The van der Waals surface area contributed by atoms with Gasteiger partial charge in [0.25, 0.3) is 0 Å². The van der Waals surface area contributed by atoms with E-state index in [0.29, 0.717) is 16.5 Å². The molecule has 0 aliphatic heterocycles. The molecule has 0 saturated heterocycles. The summed E-state index contributed by atoms with van der Waals surface area (Å²) in [5.74, 6) is 2.35. The highest BCUT2D eigenvalue weighted by molar-refractivity contribution is 6.31. The van der Waals surface area contributed by atoms with Gasteiger partial charge in [0, 0.05) is 11.1 Å². The minimum Gasteiger partial charge on any atom is -0.310 e. The number of nitrogens with one attached hydrogen (secondary N) is 1. The van der Waals surface area contributed by atoms with Crippen molar-refractivity contribution in [3.8, 4) is 0 Å². The van der Waals surface area contributed by atoms with Crippen LogP contribution in [0.4, 0.5) is 4.39 Å². The molecule has 20 heavy (non-hydrogen) atoms. The Balaban J connectivity index is 1.86. The molecule has 2 aliphatic rings. The standard InChI is InChI=1S/C17H23ClFN/c1-3-4-20-17(13-7-11-6-12(11)8-13)14-5-10(2)16(19)9-15(14)18/h5,9,11-13,17,20H,3-4,6-8H2,1-2H3. The second kappa shape index (κ2) is 5.65. The highest BCUT2D eigenvalue weighted by Gasteiger charge is 2.48. The third-order valence-electron chi connectivity index (χ3n) is 4.98. The number of benzene rings is 1. The van der Waals surface area contributed by atoms with E-state index in [-0.39, 0.29) is 11.9 Å². The van der Waals surface area contributed by atoms with Crippen molar-refractivity contribution in [2.24, 2.45) is 17.8 Å². The molecule has 2 saturated carbocycles. The number of fused-ring (bicyclic) bond motifs is 1. The third-order valence-corrected chi connectivity index (χ3v) is 5.31. The van der Waals surface area contributed by atoms with Gasteiger partial charge in [-0.15, -0.1) is 0 Å². The summed E-state index contributed by atoms with van der Waals surface area (Å²) in [6.45, 7) is 4.98. The number of halogens is 2. The predicted molar refractivity (Wildman–Crippen MR) is 81.5 cm³/mol. The molecule has 0 heterocycles. The van der Waals surface area contributed by atoms with E-state index in [1.54, 1.807) is 0 Å². The Morgan fingerprint density at radius 1 is 1.30 bits per heavy atom. The van der Waals surface area contributed by atoms with Crippen molar-refractivity contribution in [2.45, 2.75) is 45.6 Å². The summed E-state index contributed by atoms with van der Waals surface area (Å²) < 4.78 is 13.6. The first-order valence-corrected chi connectivity index (χ1v) is 8.16. The largest absolute Gasteiger partial charge is 0.310 e. The molecule has 0 aromatic heterocycles. The number of hydrogen-bond donors (Lipinski definition) is 1. The monoisotopic (exact) mass is 295 g/mol. The molecular formula is C17H23ClFN. The van der Waals surface area contributed by atoms with Gasteiger partial charge in [0.1, 0.15) is 5.82 Å². The molecule has 2 fully saturated rings. The van der Waals surface area contributed by atoms with Crippen LogP contribution < -0.4 is 5.32 Å². The normalized spacial score (nSPS) is 29.3. The van der Waals surface area contributed by atoms with E-state index in [1.165, 1.54) is 25.3 Å². The van der Waals surface area contributed by atoms with E-state index in [9.17, 15) is 4.39 Å². The van der Waals surface area contributed by atoms with E-state index in [4.69, 9.17) is 11.6 Å². The van der Waals surface area contributed by atoms with Crippen molar-refractivity contribution in [3.05, 3.63) is 34.1 Å². The molecule has 1 nitrogen and oxygen atoms in total. The fraction of sp³-hybridized carbons (Fsp3) is 0.647. The molecular weight excluding hydrogens is 273 g/mol. The fourth-order valence-corrected chi connectivity index (χ4v) is 4.05. The summed E-state index contributed by atoms with van der Waals surface area (Å²) in [4.78, 5) is 0. The second-order valence-corrected chi connectivity index (χ2v) is 6.95. The Hall–Kier alpha value is -0.600. The molecule has 3 heteroatoms. The van der Waals surface area contributed by atoms with Gasteiger partial charge in [-0.2, -0.15) is 0 Å². The van der Waals surface area contributed by atoms with E-state index >= 15 is 0 Å². The Morgan fingerprint density at radius 2 is 2.00 bits per heavy atom. The van der Waals surface area contributed by atoms with Crippen LogP contribution in [0.1, 0.15) is 49.8 Å². The maximum absolute atomic E-state index is 13.6. The Labute approximate surface area is 125 Å². The van der Waals surface area contributed by atoms with Crippen LogP contribution in [0.5, 0.6) is 0 Å². The van der Waals surface area contributed by atoms with Gasteiger partial charge in [-0.05, 0) is 74.1 Å². The molecule has 0 spiro atoms. The summed E-state index contributed by atoms with van der Waals surface area (Å²) in [6, 6.07) is 3.70. The number of aryl methyl sites for hydroxylation is 1. The average molecular weight is 296 g/mol. The minimum absolute atomic E-state index is 0.206. The Kier molecular flexibility index (Phi) is 4.05. The lowest BCUT2D eigenvalue weighted by molar-refractivity contribution is 0.341. The summed E-state index contributed by atoms with van der Waals surface area (Å²) in [5.41, 5.74) is 1.78. The zero-order chi connectivity index (χ0) is 14.3. The maximum Gasteiger partial charge on any atom is 0.127 e. The van der Waals surface area contributed by atoms with Crippen LogP contribution in [-0.2, 0) is 0 Å². The minimum atomic E-state index is -0.206. The van der Waals surface area contributed by atoms with Gasteiger partial charge >= 0.3 is 0 Å². The number of rotatable bonds is 5. The molecule has 0 bridgehead atoms. The van der Waals surface area contributed by atoms with Gasteiger partial charge < -0.3 is 5.32 Å². The van der Waals surface area contributed by atoms with Gasteiger partial charge in [0.2, 0.25) is 0 Å². The summed E-state index contributed by atoms with van der Waals surface area (Å²) >= 11 is 6.32. The first-order chi connectivity index (χ1) is 9.60. The quantitative estimate of drug-likeness (QED) is 0.817. The zero-order valence-electron chi connectivity index (χ0n) is 12.3. The smallest absolute Gasteiger partial charge is 0.127 e. The first-order valence-electron chi connectivity index (χ1n) is 7.79. The summed E-state index contributed by atoms with van der Waals surface area (Å²) in [6.07, 6.45) is 5.14. The lowest BCUT2D eigenvalue weighted by Gasteiger charge is -2.27. The molecule has 0 radical (unpaired) electrons. The molecule has 0 amide bonds.